The van der Waals surface area contributed by atoms with Crippen LogP contribution in [0.2, 0.25) is 0 Å². The number of carboxylic acid groups (broad SMARTS) is 1. The van der Waals surface area contributed by atoms with Gasteiger partial charge in [0.2, 0.25) is 0 Å². The van der Waals surface area contributed by atoms with E-state index in [-0.39, 0.29) is 11.5 Å². The number of carbonyl (C=O) groups is 1. The van der Waals surface area contributed by atoms with Gasteiger partial charge in [0, 0.05) is 6.04 Å². The summed E-state index contributed by atoms with van der Waals surface area (Å²) in [7, 11) is 1.59. The Balaban J connectivity index is 2.95. The van der Waals surface area contributed by atoms with Crippen LogP contribution in [0, 0.1) is 5.41 Å². The first kappa shape index (κ1) is 16.3. The van der Waals surface area contributed by atoms with Gasteiger partial charge >= 0.3 is 6.09 Å². The lowest BCUT2D eigenvalue weighted by molar-refractivity contribution is 0.184. The Morgan fingerprint density at radius 1 is 1.35 bits per heavy atom. The van der Waals surface area contributed by atoms with Crippen molar-refractivity contribution in [1.82, 2.24) is 5.32 Å². The SMILES string of the molecule is COc1ccc([C@H](NC(=O)O)[C@H](N)CC(C)(C)C)cc1. The summed E-state index contributed by atoms with van der Waals surface area (Å²) in [6, 6.07) is 6.55. The average Bonchev–Trinajstić information content (AvgIpc) is 2.34. The predicted octanol–water partition coefficient (Wildman–Crippen LogP) is 2.77. The molecule has 20 heavy (non-hydrogen) atoms. The van der Waals surface area contributed by atoms with Gasteiger partial charge in [-0.3, -0.25) is 0 Å². The van der Waals surface area contributed by atoms with Crippen LogP contribution in [-0.4, -0.2) is 24.4 Å². The number of nitrogens with two attached hydrogens (primary N) is 1. The number of ether oxygens (including phenoxy) is 1. The molecular weight excluding hydrogens is 256 g/mol. The molecule has 0 fully saturated rings. The number of hydrogen-bond acceptors (Lipinski definition) is 3. The van der Waals surface area contributed by atoms with Crippen molar-refractivity contribution in [1.29, 1.82) is 0 Å². The second-order valence-electron chi connectivity index (χ2n) is 6.13. The van der Waals surface area contributed by atoms with Crippen LogP contribution in [0.15, 0.2) is 24.3 Å². The van der Waals surface area contributed by atoms with E-state index < -0.39 is 12.1 Å². The lowest BCUT2D eigenvalue weighted by Gasteiger charge is -2.30. The molecule has 112 valence electrons. The van der Waals surface area contributed by atoms with Gasteiger partial charge in [-0.25, -0.2) is 4.79 Å². The number of hydrogen-bond donors (Lipinski definition) is 3. The summed E-state index contributed by atoms with van der Waals surface area (Å²) >= 11 is 0. The zero-order valence-corrected chi connectivity index (χ0v) is 12.5. The van der Waals surface area contributed by atoms with E-state index in [1.807, 2.05) is 12.1 Å². The molecule has 1 amide bonds. The minimum atomic E-state index is -1.07. The van der Waals surface area contributed by atoms with Gasteiger partial charge in [-0.1, -0.05) is 32.9 Å². The summed E-state index contributed by atoms with van der Waals surface area (Å²) in [6.07, 6.45) is -0.362. The van der Waals surface area contributed by atoms with Crippen LogP contribution < -0.4 is 15.8 Å². The number of rotatable bonds is 5. The molecule has 1 aromatic rings. The van der Waals surface area contributed by atoms with Gasteiger partial charge in [0.05, 0.1) is 13.2 Å². The Kier molecular flexibility index (Phi) is 5.39. The molecule has 0 unspecified atom stereocenters. The molecule has 5 nitrogen and oxygen atoms in total. The van der Waals surface area contributed by atoms with Crippen LogP contribution in [0.3, 0.4) is 0 Å². The summed E-state index contributed by atoms with van der Waals surface area (Å²) in [6.45, 7) is 6.25. The maximum atomic E-state index is 11.0. The lowest BCUT2D eigenvalue weighted by Crippen LogP contribution is -2.42. The van der Waals surface area contributed by atoms with Crippen molar-refractivity contribution in [3.05, 3.63) is 29.8 Å². The Morgan fingerprint density at radius 2 is 1.90 bits per heavy atom. The highest BCUT2D eigenvalue weighted by atomic mass is 16.5. The van der Waals surface area contributed by atoms with Crippen LogP contribution in [0.5, 0.6) is 5.75 Å². The molecule has 0 aromatic heterocycles. The van der Waals surface area contributed by atoms with E-state index >= 15 is 0 Å². The quantitative estimate of drug-likeness (QED) is 0.774. The van der Waals surface area contributed by atoms with Crippen molar-refractivity contribution in [2.45, 2.75) is 39.3 Å². The van der Waals surface area contributed by atoms with Crippen LogP contribution >= 0.6 is 0 Å². The molecule has 2 atom stereocenters. The second kappa shape index (κ2) is 6.61. The zero-order chi connectivity index (χ0) is 15.3. The molecule has 0 radical (unpaired) electrons. The third-order valence-corrected chi connectivity index (χ3v) is 3.03. The monoisotopic (exact) mass is 280 g/mol. The molecule has 0 aliphatic rings. The molecule has 0 aliphatic heterocycles. The highest BCUT2D eigenvalue weighted by Crippen LogP contribution is 2.27. The minimum absolute atomic E-state index is 0.0321. The van der Waals surface area contributed by atoms with Crippen molar-refractivity contribution < 1.29 is 14.6 Å². The van der Waals surface area contributed by atoms with E-state index in [4.69, 9.17) is 15.6 Å². The van der Waals surface area contributed by atoms with Gasteiger partial charge in [-0.05, 0) is 29.5 Å². The minimum Gasteiger partial charge on any atom is -0.497 e. The summed E-state index contributed by atoms with van der Waals surface area (Å²) in [5.74, 6) is 0.729. The highest BCUT2D eigenvalue weighted by Gasteiger charge is 2.26. The predicted molar refractivity (Wildman–Crippen MR) is 78.9 cm³/mol. The van der Waals surface area contributed by atoms with Crippen LogP contribution in [-0.2, 0) is 0 Å². The molecule has 4 N–H and O–H groups in total. The third kappa shape index (κ3) is 5.09. The molecule has 0 saturated heterocycles. The molecule has 0 heterocycles. The van der Waals surface area contributed by atoms with Gasteiger partial charge < -0.3 is 20.9 Å². The van der Waals surface area contributed by atoms with Crippen LogP contribution in [0.25, 0.3) is 0 Å². The fraction of sp³-hybridized carbons (Fsp3) is 0.533. The molecular formula is C15H24N2O3. The molecule has 0 bridgehead atoms. The third-order valence-electron chi connectivity index (χ3n) is 3.03. The second-order valence-corrected chi connectivity index (χ2v) is 6.13. The summed E-state index contributed by atoms with van der Waals surface area (Å²) < 4.78 is 5.10. The Labute approximate surface area is 120 Å². The topological polar surface area (TPSA) is 84.6 Å². The normalized spacial score (nSPS) is 14.4. The highest BCUT2D eigenvalue weighted by molar-refractivity contribution is 5.65. The van der Waals surface area contributed by atoms with Crippen molar-refractivity contribution in [2.24, 2.45) is 11.1 Å². The van der Waals surface area contributed by atoms with E-state index in [0.717, 1.165) is 11.3 Å². The number of amides is 1. The lowest BCUT2D eigenvalue weighted by atomic mass is 9.84. The summed E-state index contributed by atoms with van der Waals surface area (Å²) in [4.78, 5) is 11.0. The van der Waals surface area contributed by atoms with Crippen molar-refractivity contribution in [2.75, 3.05) is 7.11 Å². The van der Waals surface area contributed by atoms with Crippen molar-refractivity contribution in [3.63, 3.8) is 0 Å². The van der Waals surface area contributed by atoms with E-state index in [9.17, 15) is 4.79 Å². The summed E-state index contributed by atoms with van der Waals surface area (Å²) in [5.41, 5.74) is 7.07. The standard InChI is InChI=1S/C15H24N2O3/c1-15(2,3)9-12(16)13(17-14(18)19)10-5-7-11(20-4)8-6-10/h5-8,12-13,17H,9,16H2,1-4H3,(H,18,19)/t12-,13+/m1/s1. The number of nitrogens with one attached hydrogen (secondary N) is 1. The molecule has 1 aromatic carbocycles. The van der Waals surface area contributed by atoms with E-state index in [1.54, 1.807) is 19.2 Å². The van der Waals surface area contributed by atoms with Gasteiger partial charge in [-0.2, -0.15) is 0 Å². The molecule has 0 spiro atoms. The van der Waals surface area contributed by atoms with E-state index in [0.29, 0.717) is 6.42 Å². The van der Waals surface area contributed by atoms with E-state index in [1.165, 1.54) is 0 Å². The Hall–Kier alpha value is -1.75. The number of methoxy groups -OCH3 is 1. The molecule has 0 saturated carbocycles. The van der Waals surface area contributed by atoms with Gasteiger partial charge in [0.1, 0.15) is 5.75 Å². The first-order valence-corrected chi connectivity index (χ1v) is 6.62. The smallest absolute Gasteiger partial charge is 0.405 e. The van der Waals surface area contributed by atoms with Crippen molar-refractivity contribution in [3.8, 4) is 5.75 Å². The number of benzene rings is 1. The van der Waals surface area contributed by atoms with Crippen LogP contribution in [0.1, 0.15) is 38.8 Å². The summed E-state index contributed by atoms with van der Waals surface area (Å²) in [5, 5.41) is 11.5. The van der Waals surface area contributed by atoms with Crippen LogP contribution in [0.4, 0.5) is 4.79 Å². The van der Waals surface area contributed by atoms with Gasteiger partial charge in [0.25, 0.3) is 0 Å². The van der Waals surface area contributed by atoms with Gasteiger partial charge in [-0.15, -0.1) is 0 Å². The first-order chi connectivity index (χ1) is 9.23. The fourth-order valence-corrected chi connectivity index (χ4v) is 2.21. The largest absolute Gasteiger partial charge is 0.497 e. The first-order valence-electron chi connectivity index (χ1n) is 6.62. The Morgan fingerprint density at radius 3 is 2.30 bits per heavy atom. The van der Waals surface area contributed by atoms with Crippen molar-refractivity contribution >= 4 is 6.09 Å². The maximum Gasteiger partial charge on any atom is 0.405 e. The Bertz CT molecular complexity index is 437. The van der Waals surface area contributed by atoms with Gasteiger partial charge in [0.15, 0.2) is 0 Å². The van der Waals surface area contributed by atoms with E-state index in [2.05, 4.69) is 26.1 Å². The average molecular weight is 280 g/mol. The molecule has 5 heteroatoms. The fourth-order valence-electron chi connectivity index (χ4n) is 2.21. The zero-order valence-electron chi connectivity index (χ0n) is 12.5. The molecule has 0 aliphatic carbocycles. The molecule has 1 rings (SSSR count). The maximum absolute atomic E-state index is 11.0.